The number of hydrogen-bond donors (Lipinski definition) is 0. The zero-order chi connectivity index (χ0) is 7.40. The predicted octanol–water partition coefficient (Wildman–Crippen LogP) is 2.18. The average molecular weight is 135 g/mol. The van der Waals surface area contributed by atoms with Crippen molar-refractivity contribution in [3.8, 4) is 0 Å². The van der Waals surface area contributed by atoms with E-state index in [1.54, 1.807) is 12.2 Å². The van der Waals surface area contributed by atoms with Gasteiger partial charge in [0.1, 0.15) is 0 Å². The molecule has 1 rings (SSSR count). The van der Waals surface area contributed by atoms with Crippen LogP contribution in [0.15, 0.2) is 29.3 Å². The fraction of sp³-hybridized carbons (Fsp3) is 0.125. The minimum atomic E-state index is 0.761. The van der Waals surface area contributed by atoms with Gasteiger partial charge in [-0.25, -0.2) is 0 Å². The highest BCUT2D eigenvalue weighted by Gasteiger charge is 1.92. The maximum Gasteiger partial charge on any atom is 0.159 e. The lowest BCUT2D eigenvalue weighted by Gasteiger charge is -1.74. The standard InChI is InChI=1S/C8H9NO/c1-3-4-5-8-6-7(2)9-10-8/h3-6H,1H2,2H3/b5-4+. The molecule has 0 unspecified atom stereocenters. The van der Waals surface area contributed by atoms with Crippen molar-refractivity contribution in [1.29, 1.82) is 0 Å². The van der Waals surface area contributed by atoms with Crippen LogP contribution in [0.4, 0.5) is 0 Å². The summed E-state index contributed by atoms with van der Waals surface area (Å²) in [4.78, 5) is 0. The topological polar surface area (TPSA) is 26.0 Å². The minimum Gasteiger partial charge on any atom is -0.357 e. The molecule has 1 heterocycles. The van der Waals surface area contributed by atoms with Crippen molar-refractivity contribution >= 4 is 6.08 Å². The zero-order valence-electron chi connectivity index (χ0n) is 5.87. The molecule has 0 aliphatic carbocycles. The summed E-state index contributed by atoms with van der Waals surface area (Å²) in [5.74, 6) is 0.761. The molecule has 2 heteroatoms. The molecule has 0 saturated carbocycles. The second kappa shape index (κ2) is 3.01. The van der Waals surface area contributed by atoms with E-state index in [1.807, 2.05) is 19.1 Å². The van der Waals surface area contributed by atoms with E-state index < -0.39 is 0 Å². The number of nitrogens with zero attached hydrogens (tertiary/aromatic N) is 1. The van der Waals surface area contributed by atoms with Crippen LogP contribution in [0.3, 0.4) is 0 Å². The zero-order valence-corrected chi connectivity index (χ0v) is 5.87. The first-order valence-electron chi connectivity index (χ1n) is 3.05. The van der Waals surface area contributed by atoms with E-state index in [4.69, 9.17) is 4.52 Å². The summed E-state index contributed by atoms with van der Waals surface area (Å²) in [6.07, 6.45) is 5.31. The number of aryl methyl sites for hydroxylation is 1. The number of rotatable bonds is 2. The van der Waals surface area contributed by atoms with E-state index in [0.717, 1.165) is 11.5 Å². The second-order valence-electron chi connectivity index (χ2n) is 1.97. The summed E-state index contributed by atoms with van der Waals surface area (Å²) >= 11 is 0. The Balaban J connectivity index is 2.75. The number of allylic oxidation sites excluding steroid dienone is 2. The Kier molecular flexibility index (Phi) is 2.05. The molecule has 0 fully saturated rings. The highest BCUT2D eigenvalue weighted by molar-refractivity contribution is 5.44. The summed E-state index contributed by atoms with van der Waals surface area (Å²) < 4.78 is 4.88. The maximum absolute atomic E-state index is 4.88. The van der Waals surface area contributed by atoms with E-state index in [2.05, 4.69) is 11.7 Å². The molecule has 0 amide bonds. The van der Waals surface area contributed by atoms with Gasteiger partial charge in [-0.15, -0.1) is 0 Å². The van der Waals surface area contributed by atoms with Crippen molar-refractivity contribution in [3.05, 3.63) is 36.3 Å². The fourth-order valence-electron chi connectivity index (χ4n) is 0.625. The van der Waals surface area contributed by atoms with Gasteiger partial charge in [0.25, 0.3) is 0 Å². The molecule has 1 aromatic rings. The Morgan fingerprint density at radius 1 is 1.70 bits per heavy atom. The molecule has 0 aromatic carbocycles. The molecule has 10 heavy (non-hydrogen) atoms. The molecule has 0 aliphatic rings. The third kappa shape index (κ3) is 1.58. The smallest absolute Gasteiger partial charge is 0.159 e. The van der Waals surface area contributed by atoms with Crippen molar-refractivity contribution in [2.45, 2.75) is 6.92 Å². The first-order valence-corrected chi connectivity index (χ1v) is 3.05. The van der Waals surface area contributed by atoms with E-state index in [1.165, 1.54) is 0 Å². The Hall–Kier alpha value is -1.31. The third-order valence-corrected chi connectivity index (χ3v) is 1.04. The van der Waals surface area contributed by atoms with E-state index >= 15 is 0 Å². The molecule has 2 nitrogen and oxygen atoms in total. The van der Waals surface area contributed by atoms with E-state index in [9.17, 15) is 0 Å². The van der Waals surface area contributed by atoms with Crippen LogP contribution < -0.4 is 0 Å². The van der Waals surface area contributed by atoms with Gasteiger partial charge < -0.3 is 4.52 Å². The maximum atomic E-state index is 4.88. The molecule has 0 radical (unpaired) electrons. The Labute approximate surface area is 59.8 Å². The average Bonchev–Trinajstić information content (AvgIpc) is 2.31. The lowest BCUT2D eigenvalue weighted by Crippen LogP contribution is -1.60. The molecule has 0 aliphatic heterocycles. The summed E-state index contributed by atoms with van der Waals surface area (Å²) in [5, 5.41) is 3.71. The van der Waals surface area contributed by atoms with Crippen LogP contribution in [0.5, 0.6) is 0 Å². The van der Waals surface area contributed by atoms with Crippen LogP contribution in [0, 0.1) is 6.92 Å². The first-order chi connectivity index (χ1) is 4.83. The number of aromatic nitrogens is 1. The van der Waals surface area contributed by atoms with Crippen LogP contribution in [0.1, 0.15) is 11.5 Å². The molecular formula is C8H9NO. The van der Waals surface area contributed by atoms with Gasteiger partial charge in [0.2, 0.25) is 0 Å². The van der Waals surface area contributed by atoms with Gasteiger partial charge in [-0.1, -0.05) is 23.9 Å². The molecule has 0 saturated heterocycles. The molecule has 0 bridgehead atoms. The normalized spacial score (nSPS) is 10.5. The Morgan fingerprint density at radius 2 is 2.50 bits per heavy atom. The Bertz CT molecular complexity index is 248. The largest absolute Gasteiger partial charge is 0.357 e. The lowest BCUT2D eigenvalue weighted by molar-refractivity contribution is 0.408. The molecule has 0 atom stereocenters. The summed E-state index contributed by atoms with van der Waals surface area (Å²) in [7, 11) is 0. The minimum absolute atomic E-state index is 0.761. The SMILES string of the molecule is C=C/C=C/c1cc(C)no1. The highest BCUT2D eigenvalue weighted by atomic mass is 16.5. The van der Waals surface area contributed by atoms with E-state index in [-0.39, 0.29) is 0 Å². The molecule has 1 aromatic heterocycles. The Morgan fingerprint density at radius 3 is 3.00 bits per heavy atom. The second-order valence-corrected chi connectivity index (χ2v) is 1.97. The van der Waals surface area contributed by atoms with Gasteiger partial charge in [0, 0.05) is 6.07 Å². The van der Waals surface area contributed by atoms with Gasteiger partial charge in [-0.05, 0) is 13.0 Å². The molecule has 52 valence electrons. The van der Waals surface area contributed by atoms with Gasteiger partial charge in [0.05, 0.1) is 5.69 Å². The monoisotopic (exact) mass is 135 g/mol. The lowest BCUT2D eigenvalue weighted by atomic mass is 10.3. The van der Waals surface area contributed by atoms with E-state index in [0.29, 0.717) is 0 Å². The van der Waals surface area contributed by atoms with Crippen molar-refractivity contribution < 1.29 is 4.52 Å². The number of hydrogen-bond acceptors (Lipinski definition) is 2. The third-order valence-electron chi connectivity index (χ3n) is 1.04. The summed E-state index contributed by atoms with van der Waals surface area (Å²) in [6.45, 7) is 5.42. The van der Waals surface area contributed by atoms with Crippen molar-refractivity contribution in [2.75, 3.05) is 0 Å². The van der Waals surface area contributed by atoms with Crippen molar-refractivity contribution in [3.63, 3.8) is 0 Å². The summed E-state index contributed by atoms with van der Waals surface area (Å²) in [6, 6.07) is 1.86. The van der Waals surface area contributed by atoms with Crippen LogP contribution >= 0.6 is 0 Å². The fourth-order valence-corrected chi connectivity index (χ4v) is 0.625. The molecular weight excluding hydrogens is 126 g/mol. The summed E-state index contributed by atoms with van der Waals surface area (Å²) in [5.41, 5.74) is 0.892. The van der Waals surface area contributed by atoms with Gasteiger partial charge >= 0.3 is 0 Å². The first kappa shape index (κ1) is 6.81. The van der Waals surface area contributed by atoms with Gasteiger partial charge in [-0.2, -0.15) is 0 Å². The highest BCUT2D eigenvalue weighted by Crippen LogP contribution is 2.03. The molecule has 0 N–H and O–H groups in total. The predicted molar refractivity (Wildman–Crippen MR) is 40.5 cm³/mol. The van der Waals surface area contributed by atoms with Gasteiger partial charge in [-0.3, -0.25) is 0 Å². The van der Waals surface area contributed by atoms with Crippen LogP contribution in [0.25, 0.3) is 6.08 Å². The van der Waals surface area contributed by atoms with Crippen LogP contribution in [0.2, 0.25) is 0 Å². The van der Waals surface area contributed by atoms with Crippen LogP contribution in [-0.4, -0.2) is 5.16 Å². The van der Waals surface area contributed by atoms with Crippen molar-refractivity contribution in [2.24, 2.45) is 0 Å². The van der Waals surface area contributed by atoms with Crippen LogP contribution in [-0.2, 0) is 0 Å². The van der Waals surface area contributed by atoms with Crippen molar-refractivity contribution in [1.82, 2.24) is 5.16 Å². The van der Waals surface area contributed by atoms with Gasteiger partial charge in [0.15, 0.2) is 5.76 Å². The molecule has 0 spiro atoms. The quantitative estimate of drug-likeness (QED) is 0.581.